The fraction of sp³-hybridized carbons (Fsp3) is 0.278. The van der Waals surface area contributed by atoms with Gasteiger partial charge >= 0.3 is 7.82 Å². The van der Waals surface area contributed by atoms with Gasteiger partial charge in [0, 0.05) is 23.0 Å². The van der Waals surface area contributed by atoms with Gasteiger partial charge in [0.15, 0.2) is 6.23 Å². The second kappa shape index (κ2) is 7.08. The van der Waals surface area contributed by atoms with Crippen molar-refractivity contribution in [3.05, 3.63) is 36.3 Å². The maximum absolute atomic E-state index is 11.0. The average molecular weight is 445 g/mol. The van der Waals surface area contributed by atoms with Crippen molar-refractivity contribution < 1.29 is 33.8 Å². The topological polar surface area (TPSA) is 183 Å². The summed E-state index contributed by atoms with van der Waals surface area (Å²) in [5, 5.41) is 33.9. The van der Waals surface area contributed by atoms with Gasteiger partial charge in [0.1, 0.15) is 36.1 Å². The number of anilines is 2. The minimum atomic E-state index is -4.77. The number of rotatable bonds is 4. The van der Waals surface area contributed by atoms with Gasteiger partial charge in [0.25, 0.3) is 0 Å². The molecule has 12 nitrogen and oxygen atoms in total. The number of nitrogens with one attached hydrogen (secondary N) is 1. The van der Waals surface area contributed by atoms with Crippen LogP contribution in [-0.2, 0) is 13.8 Å². The van der Waals surface area contributed by atoms with Crippen LogP contribution in [0.15, 0.2) is 30.7 Å². The molecule has 2 aliphatic rings. The van der Waals surface area contributed by atoms with Gasteiger partial charge in [-0.2, -0.15) is 5.26 Å². The van der Waals surface area contributed by atoms with Crippen LogP contribution in [0.1, 0.15) is 11.8 Å². The number of benzene rings is 1. The fourth-order valence-corrected chi connectivity index (χ4v) is 4.27. The van der Waals surface area contributed by atoms with Crippen molar-refractivity contribution in [1.29, 1.82) is 5.26 Å². The van der Waals surface area contributed by atoms with E-state index in [1.807, 2.05) is 0 Å². The number of phosphoric acid groups is 1. The molecule has 1 aromatic carbocycles. The number of nitrogens with zero attached hydrogens (tertiary/aromatic N) is 4. The number of aliphatic hydroxyl groups is 2. The van der Waals surface area contributed by atoms with E-state index in [4.69, 9.17) is 14.5 Å². The van der Waals surface area contributed by atoms with Crippen molar-refractivity contribution in [2.24, 2.45) is 0 Å². The maximum atomic E-state index is 11.0. The van der Waals surface area contributed by atoms with Crippen LogP contribution in [0.25, 0.3) is 22.2 Å². The Labute approximate surface area is 174 Å². The number of fused-ring (bicyclic) bond motifs is 2. The van der Waals surface area contributed by atoms with Crippen LogP contribution in [0.2, 0.25) is 0 Å². The molecule has 0 saturated carbocycles. The highest BCUT2D eigenvalue weighted by Gasteiger charge is 2.45. The van der Waals surface area contributed by atoms with Crippen LogP contribution in [0.4, 0.5) is 11.5 Å². The molecule has 160 valence electrons. The average Bonchev–Trinajstić information content (AvgIpc) is 3.25. The van der Waals surface area contributed by atoms with E-state index >= 15 is 0 Å². The van der Waals surface area contributed by atoms with Gasteiger partial charge in [0.2, 0.25) is 0 Å². The molecule has 4 atom stereocenters. The van der Waals surface area contributed by atoms with Crippen LogP contribution in [0, 0.1) is 11.3 Å². The van der Waals surface area contributed by atoms with E-state index < -0.39 is 39.0 Å². The predicted molar refractivity (Wildman–Crippen MR) is 105 cm³/mol. The molecule has 31 heavy (non-hydrogen) atoms. The van der Waals surface area contributed by atoms with Crippen LogP contribution in [-0.4, -0.2) is 59.5 Å². The fourth-order valence-electron chi connectivity index (χ4n) is 3.92. The van der Waals surface area contributed by atoms with E-state index in [1.54, 1.807) is 24.4 Å². The highest BCUT2D eigenvalue weighted by molar-refractivity contribution is 7.46. The third kappa shape index (κ3) is 3.29. The molecule has 4 unspecified atom stereocenters. The SMILES string of the molecule is N#Cc1ccc2c(c1)Nc1ncnc3c1c-2cn3C1OC(COP(=O)(O)O)C(O)C1O. The van der Waals surface area contributed by atoms with Gasteiger partial charge in [-0.15, -0.1) is 0 Å². The Balaban J connectivity index is 1.57. The highest BCUT2D eigenvalue weighted by atomic mass is 31.2. The number of hydrogen-bond donors (Lipinski definition) is 5. The Bertz CT molecular complexity index is 1280. The summed E-state index contributed by atoms with van der Waals surface area (Å²) < 4.78 is 22.6. The Morgan fingerprint density at radius 2 is 2.06 bits per heavy atom. The Hall–Kier alpha value is -2.88. The number of phosphoric ester groups is 1. The molecule has 1 fully saturated rings. The van der Waals surface area contributed by atoms with Gasteiger partial charge in [0.05, 0.1) is 23.6 Å². The number of aromatic nitrogens is 3. The third-order valence-corrected chi connectivity index (χ3v) is 5.81. The lowest BCUT2D eigenvalue weighted by Gasteiger charge is -2.18. The Morgan fingerprint density at radius 1 is 1.26 bits per heavy atom. The molecular formula is C18H16N5O7P. The van der Waals surface area contributed by atoms with Crippen LogP contribution < -0.4 is 5.32 Å². The lowest BCUT2D eigenvalue weighted by molar-refractivity contribution is -0.0501. The first-order valence-electron chi connectivity index (χ1n) is 9.15. The van der Waals surface area contributed by atoms with Crippen LogP contribution >= 0.6 is 7.82 Å². The van der Waals surface area contributed by atoms with E-state index in [0.29, 0.717) is 28.1 Å². The molecule has 2 aliphatic heterocycles. The minimum absolute atomic E-state index is 0.426. The van der Waals surface area contributed by atoms with E-state index in [9.17, 15) is 20.0 Å². The van der Waals surface area contributed by atoms with Crippen molar-refractivity contribution in [3.8, 4) is 17.2 Å². The maximum Gasteiger partial charge on any atom is 0.469 e. The van der Waals surface area contributed by atoms with E-state index in [0.717, 1.165) is 11.1 Å². The summed E-state index contributed by atoms with van der Waals surface area (Å²) in [6, 6.07) is 7.25. The minimum Gasteiger partial charge on any atom is -0.387 e. The zero-order valence-electron chi connectivity index (χ0n) is 15.7. The third-order valence-electron chi connectivity index (χ3n) is 5.32. The molecule has 0 amide bonds. The first-order valence-corrected chi connectivity index (χ1v) is 10.7. The molecular weight excluding hydrogens is 429 g/mol. The first kappa shape index (κ1) is 20.0. The number of hydrogen-bond acceptors (Lipinski definition) is 9. The summed E-state index contributed by atoms with van der Waals surface area (Å²) in [6.07, 6.45) is -2.06. The summed E-state index contributed by atoms with van der Waals surface area (Å²) in [5.74, 6) is 0.510. The standard InChI is InChI=1S/C18H16N5O7P/c19-4-8-1-2-9-10-5-23(17-13(10)16(20-7-21-17)22-11(9)3-8)18-15(25)14(24)12(30-18)6-29-31(26,27)28/h1-3,5,7,12,14-15,18,24-25H,6H2,(H,20,21,22)(H2,26,27,28). The number of nitriles is 1. The second-order valence-electron chi connectivity index (χ2n) is 7.20. The van der Waals surface area contributed by atoms with E-state index in [2.05, 4.69) is 25.9 Å². The van der Waals surface area contributed by atoms with E-state index in [1.165, 1.54) is 10.9 Å². The first-order chi connectivity index (χ1) is 14.8. The summed E-state index contributed by atoms with van der Waals surface area (Å²) in [5.41, 5.74) is 3.12. The molecule has 13 heteroatoms. The smallest absolute Gasteiger partial charge is 0.387 e. The zero-order valence-corrected chi connectivity index (χ0v) is 16.5. The second-order valence-corrected chi connectivity index (χ2v) is 8.44. The van der Waals surface area contributed by atoms with Gasteiger partial charge in [-0.05, 0) is 12.1 Å². The quantitative estimate of drug-likeness (QED) is 0.279. The van der Waals surface area contributed by atoms with Gasteiger partial charge in [-0.25, -0.2) is 14.5 Å². The summed E-state index contributed by atoms with van der Waals surface area (Å²) in [6.45, 7) is -0.605. The van der Waals surface area contributed by atoms with Crippen LogP contribution in [0.5, 0.6) is 0 Å². The highest BCUT2D eigenvalue weighted by Crippen LogP contribution is 2.46. The largest absolute Gasteiger partial charge is 0.469 e. The lowest BCUT2D eigenvalue weighted by Crippen LogP contribution is -2.33. The van der Waals surface area contributed by atoms with Crippen molar-refractivity contribution in [3.63, 3.8) is 0 Å². The molecule has 0 radical (unpaired) electrons. The molecule has 0 aliphatic carbocycles. The lowest BCUT2D eigenvalue weighted by atomic mass is 9.99. The summed E-state index contributed by atoms with van der Waals surface area (Å²) >= 11 is 0. The van der Waals surface area contributed by atoms with Gasteiger partial charge in [-0.1, -0.05) is 6.07 Å². The van der Waals surface area contributed by atoms with E-state index in [-0.39, 0.29) is 0 Å². The van der Waals surface area contributed by atoms with Crippen LogP contribution in [0.3, 0.4) is 0 Å². The van der Waals surface area contributed by atoms with Crippen molar-refractivity contribution in [1.82, 2.24) is 14.5 Å². The predicted octanol–water partition coefficient (Wildman–Crippen LogP) is 0.755. The van der Waals surface area contributed by atoms with Gasteiger partial charge < -0.3 is 34.6 Å². The number of aliphatic hydroxyl groups excluding tert-OH is 2. The molecule has 3 aromatic rings. The summed E-state index contributed by atoms with van der Waals surface area (Å²) in [7, 11) is -4.77. The molecule has 5 N–H and O–H groups in total. The monoisotopic (exact) mass is 445 g/mol. The normalized spacial score (nSPS) is 24.6. The van der Waals surface area contributed by atoms with Crippen molar-refractivity contribution in [2.75, 3.05) is 11.9 Å². The zero-order chi connectivity index (χ0) is 21.9. The number of ether oxygens (including phenoxy) is 1. The molecule has 1 saturated heterocycles. The Morgan fingerprint density at radius 3 is 2.81 bits per heavy atom. The van der Waals surface area contributed by atoms with Crippen molar-refractivity contribution in [2.45, 2.75) is 24.5 Å². The van der Waals surface area contributed by atoms with Crippen molar-refractivity contribution >= 4 is 30.4 Å². The Kier molecular flexibility index (Phi) is 4.58. The molecule has 0 bridgehead atoms. The molecule has 0 spiro atoms. The summed E-state index contributed by atoms with van der Waals surface area (Å²) in [4.78, 5) is 26.4. The molecule has 2 aromatic heterocycles. The molecule has 5 rings (SSSR count). The van der Waals surface area contributed by atoms with Gasteiger partial charge in [-0.3, -0.25) is 4.52 Å². The molecule has 4 heterocycles.